The zero-order chi connectivity index (χ0) is 41.0. The van der Waals surface area contributed by atoms with E-state index in [1.54, 1.807) is 16.8 Å². The monoisotopic (exact) mass is 805 g/mol. The van der Waals surface area contributed by atoms with Crippen LogP contribution in [0.15, 0.2) is 30.5 Å². The van der Waals surface area contributed by atoms with Crippen molar-refractivity contribution >= 4 is 37.5 Å². The quantitative estimate of drug-likeness (QED) is 0.132. The van der Waals surface area contributed by atoms with E-state index in [1.807, 2.05) is 83.0 Å². The average molecular weight is 806 g/mol. The number of likely N-dealkylation sites (tertiary alicyclic amines) is 1. The highest BCUT2D eigenvalue weighted by Gasteiger charge is 2.47. The van der Waals surface area contributed by atoms with Crippen LogP contribution in [-0.4, -0.2) is 127 Å². The lowest BCUT2D eigenvalue weighted by molar-refractivity contribution is -0.115. The first-order chi connectivity index (χ1) is 26.4. The first kappa shape index (κ1) is 43.1. The molecule has 14 nitrogen and oxygen atoms in total. The number of ether oxygens (including phenoxy) is 3. The van der Waals surface area contributed by atoms with E-state index in [2.05, 4.69) is 30.8 Å². The number of carbonyl (C=O) groups is 2. The molecule has 2 aliphatic rings. The molecule has 5 rings (SSSR count). The molecule has 304 valence electrons. The third-order valence-corrected chi connectivity index (χ3v) is 11.8. The van der Waals surface area contributed by atoms with Crippen LogP contribution in [0.3, 0.4) is 0 Å². The standard InChI is InChI=1S/C40H59N7O7Si2/c1-26-21-41-45(9)32(26)31-27(2)34(47-24-40(25-47)16-18-46(19-17-40)37(49)50-10)43-33(42-31)28-14-13-15-30(20-28)51-23-29(22-44(8)36(48)52-38(3,4)5)39(6,7)35(53-55-11)54-56-12/h13-15,20-21,29,35H,16-19,22-25H2,1-12H3/t29-/m1/s1. The maximum Gasteiger partial charge on any atom is 0.410 e. The molecule has 1 aromatic carbocycles. The highest BCUT2D eigenvalue weighted by atomic mass is 28.2. The maximum absolute atomic E-state index is 13.1. The third kappa shape index (κ3) is 9.75. The molecular formula is C40H59N7O7Si2. The fourth-order valence-corrected chi connectivity index (χ4v) is 8.71. The van der Waals surface area contributed by atoms with Crippen LogP contribution in [0.2, 0.25) is 13.1 Å². The van der Waals surface area contributed by atoms with Crippen LogP contribution in [-0.2, 0) is 25.4 Å². The van der Waals surface area contributed by atoms with Crippen LogP contribution >= 0.6 is 0 Å². The molecule has 4 radical (unpaired) electrons. The molecular weight excluding hydrogens is 747 g/mol. The Morgan fingerprint density at radius 2 is 1.68 bits per heavy atom. The van der Waals surface area contributed by atoms with E-state index < -0.39 is 23.4 Å². The Hall–Kier alpha value is -4.00. The summed E-state index contributed by atoms with van der Waals surface area (Å²) in [5.74, 6) is 1.94. The molecule has 16 heteroatoms. The summed E-state index contributed by atoms with van der Waals surface area (Å²) in [7, 11) is 5.58. The number of hydrogen-bond donors (Lipinski definition) is 0. The van der Waals surface area contributed by atoms with Crippen molar-refractivity contribution in [3.63, 3.8) is 0 Å². The summed E-state index contributed by atoms with van der Waals surface area (Å²) < 4.78 is 31.4. The summed E-state index contributed by atoms with van der Waals surface area (Å²) in [5, 5.41) is 4.53. The predicted octanol–water partition coefficient (Wildman–Crippen LogP) is 6.41. The molecule has 0 bridgehead atoms. The third-order valence-electron chi connectivity index (χ3n) is 10.9. The zero-order valence-electron chi connectivity index (χ0n) is 35.2. The number of nitrogens with zero attached hydrogens (tertiary/aromatic N) is 7. The highest BCUT2D eigenvalue weighted by Crippen LogP contribution is 2.45. The van der Waals surface area contributed by atoms with Gasteiger partial charge in [-0.3, -0.25) is 4.68 Å². The van der Waals surface area contributed by atoms with Gasteiger partial charge in [0.1, 0.15) is 23.5 Å². The fourth-order valence-electron chi connectivity index (χ4n) is 7.49. The molecule has 2 aromatic heterocycles. The molecule has 4 heterocycles. The zero-order valence-corrected chi connectivity index (χ0v) is 37.2. The second-order valence-corrected chi connectivity index (χ2v) is 17.9. The molecule has 2 aliphatic heterocycles. The van der Waals surface area contributed by atoms with Gasteiger partial charge in [0.15, 0.2) is 5.82 Å². The van der Waals surface area contributed by atoms with Crippen LogP contribution < -0.4 is 9.64 Å². The average Bonchev–Trinajstić information content (AvgIpc) is 3.48. The molecule has 1 atom stereocenters. The molecule has 0 N–H and O–H groups in total. The molecule has 3 aromatic rings. The Balaban J connectivity index is 1.43. The van der Waals surface area contributed by atoms with Gasteiger partial charge < -0.3 is 37.8 Å². The lowest BCUT2D eigenvalue weighted by Gasteiger charge is -2.54. The van der Waals surface area contributed by atoms with Crippen molar-refractivity contribution in [1.29, 1.82) is 0 Å². The number of amides is 2. The first-order valence-electron chi connectivity index (χ1n) is 19.2. The molecule has 56 heavy (non-hydrogen) atoms. The number of rotatable bonds is 14. The van der Waals surface area contributed by atoms with Crippen molar-refractivity contribution in [1.82, 2.24) is 29.5 Å². The van der Waals surface area contributed by atoms with Gasteiger partial charge in [-0.05, 0) is 78.3 Å². The number of piperidine rings is 1. The van der Waals surface area contributed by atoms with Crippen molar-refractivity contribution in [2.24, 2.45) is 23.8 Å². The molecule has 2 saturated heterocycles. The van der Waals surface area contributed by atoms with Crippen LogP contribution in [0.25, 0.3) is 22.8 Å². The summed E-state index contributed by atoms with van der Waals surface area (Å²) in [6.45, 7) is 21.6. The van der Waals surface area contributed by atoms with Gasteiger partial charge in [-0.15, -0.1) is 0 Å². The van der Waals surface area contributed by atoms with Gasteiger partial charge >= 0.3 is 12.2 Å². The summed E-state index contributed by atoms with van der Waals surface area (Å²) >= 11 is 0. The Labute approximate surface area is 337 Å². The number of hydrogen-bond acceptors (Lipinski definition) is 11. The van der Waals surface area contributed by atoms with Gasteiger partial charge in [-0.2, -0.15) is 5.10 Å². The van der Waals surface area contributed by atoms with E-state index in [0.717, 1.165) is 59.8 Å². The van der Waals surface area contributed by atoms with Crippen molar-refractivity contribution in [2.75, 3.05) is 58.4 Å². The summed E-state index contributed by atoms with van der Waals surface area (Å²) in [4.78, 5) is 41.4. The van der Waals surface area contributed by atoms with Crippen LogP contribution in [0.4, 0.5) is 15.4 Å². The van der Waals surface area contributed by atoms with Gasteiger partial charge in [0, 0.05) is 74.7 Å². The summed E-state index contributed by atoms with van der Waals surface area (Å²) in [6, 6.07) is 7.86. The minimum Gasteiger partial charge on any atom is -0.493 e. The number of carbonyl (C=O) groups excluding carboxylic acids is 2. The van der Waals surface area contributed by atoms with E-state index in [-0.39, 0.29) is 43.6 Å². The van der Waals surface area contributed by atoms with Crippen LogP contribution in [0.5, 0.6) is 5.75 Å². The van der Waals surface area contributed by atoms with E-state index >= 15 is 0 Å². The van der Waals surface area contributed by atoms with E-state index in [1.165, 1.54) is 7.11 Å². The molecule has 0 unspecified atom stereocenters. The highest BCUT2D eigenvalue weighted by molar-refractivity contribution is 6.26. The molecule has 2 fully saturated rings. The molecule has 1 spiro atoms. The van der Waals surface area contributed by atoms with Crippen molar-refractivity contribution in [3.8, 4) is 28.5 Å². The SMILES string of the molecule is COC(=O)N1CCC2(CC1)CN(c1nc(-c3cccc(OC[C@@H](CN(C)C(=O)OC(C)(C)C)C(C)(C)C(O[Si]C)O[Si]C)c3)nc(-c3c(C)cnn3C)c1C)C2. The summed E-state index contributed by atoms with van der Waals surface area (Å²) in [6.07, 6.45) is 2.55. The minimum absolute atomic E-state index is 0.129. The Kier molecular flexibility index (Phi) is 13.6. The molecule has 2 amide bonds. The lowest BCUT2D eigenvalue weighted by Crippen LogP contribution is -2.61. The lowest BCUT2D eigenvalue weighted by atomic mass is 9.72. The second-order valence-electron chi connectivity index (χ2n) is 16.7. The molecule has 0 aliphatic carbocycles. The number of aromatic nitrogens is 4. The Bertz CT molecular complexity index is 1810. The predicted molar refractivity (Wildman–Crippen MR) is 218 cm³/mol. The number of benzene rings is 1. The normalized spacial score (nSPS) is 16.2. The van der Waals surface area contributed by atoms with E-state index in [0.29, 0.717) is 31.2 Å². The van der Waals surface area contributed by atoms with Crippen LogP contribution in [0.1, 0.15) is 58.6 Å². The van der Waals surface area contributed by atoms with E-state index in [9.17, 15) is 9.59 Å². The van der Waals surface area contributed by atoms with Crippen molar-refractivity contribution in [3.05, 3.63) is 41.6 Å². The Morgan fingerprint density at radius 3 is 2.25 bits per heavy atom. The second kappa shape index (κ2) is 17.6. The number of aryl methyl sites for hydroxylation is 2. The van der Waals surface area contributed by atoms with Gasteiger partial charge in [0.2, 0.25) is 19.5 Å². The smallest absolute Gasteiger partial charge is 0.410 e. The van der Waals surface area contributed by atoms with Gasteiger partial charge in [-0.25, -0.2) is 19.6 Å². The number of methoxy groups -OCH3 is 1. The van der Waals surface area contributed by atoms with Crippen LogP contribution in [0, 0.1) is 30.6 Å². The van der Waals surface area contributed by atoms with Gasteiger partial charge in [0.25, 0.3) is 0 Å². The topological polar surface area (TPSA) is 134 Å². The van der Waals surface area contributed by atoms with Gasteiger partial charge in [-0.1, -0.05) is 26.0 Å². The van der Waals surface area contributed by atoms with Crippen molar-refractivity contribution < 1.29 is 32.7 Å². The number of anilines is 1. The Morgan fingerprint density at radius 1 is 1.02 bits per heavy atom. The van der Waals surface area contributed by atoms with Crippen molar-refractivity contribution in [2.45, 2.75) is 86.3 Å². The largest absolute Gasteiger partial charge is 0.493 e. The minimum atomic E-state index is -0.622. The van der Waals surface area contributed by atoms with Gasteiger partial charge in [0.05, 0.1) is 31.3 Å². The molecule has 0 saturated carbocycles. The maximum atomic E-state index is 13.1. The van der Waals surface area contributed by atoms with E-state index in [4.69, 9.17) is 33.0 Å². The first-order valence-corrected chi connectivity index (χ1v) is 22.0. The summed E-state index contributed by atoms with van der Waals surface area (Å²) in [5.41, 5.74) is 3.59. The fraction of sp³-hybridized carbons (Fsp3) is 0.625.